The minimum absolute atomic E-state index is 0.0149. The van der Waals surface area contributed by atoms with E-state index >= 15 is 0 Å². The van der Waals surface area contributed by atoms with Gasteiger partial charge in [0, 0.05) is 17.1 Å². The van der Waals surface area contributed by atoms with E-state index in [0.717, 1.165) is 28.5 Å². The van der Waals surface area contributed by atoms with Gasteiger partial charge in [0.1, 0.15) is 5.76 Å². The second-order valence-electron chi connectivity index (χ2n) is 9.00. The zero-order valence-electron chi connectivity index (χ0n) is 20.2. The smallest absolute Gasteiger partial charge is 0.334 e. The molecule has 0 N–H and O–H groups in total. The summed E-state index contributed by atoms with van der Waals surface area (Å²) in [5, 5.41) is 0. The maximum absolute atomic E-state index is 13.4. The molecular formula is C27H24O9S. The second kappa shape index (κ2) is 8.76. The Kier molecular flexibility index (Phi) is 5.63. The Bertz CT molecular complexity index is 1500. The summed E-state index contributed by atoms with van der Waals surface area (Å²) >= 11 is 0. The first-order valence-corrected chi connectivity index (χ1v) is 13.5. The number of hydrogen-bond donors (Lipinski definition) is 0. The molecule has 0 amide bonds. The van der Waals surface area contributed by atoms with Crippen LogP contribution in [0.25, 0.3) is 11.1 Å². The van der Waals surface area contributed by atoms with E-state index in [0.29, 0.717) is 28.4 Å². The van der Waals surface area contributed by atoms with E-state index < -0.39 is 27.6 Å². The van der Waals surface area contributed by atoms with E-state index in [1.54, 1.807) is 6.08 Å². The number of ether oxygens (including phenoxy) is 5. The predicted octanol–water partition coefficient (Wildman–Crippen LogP) is 3.67. The summed E-state index contributed by atoms with van der Waals surface area (Å²) in [5.74, 6) is 0.747. The maximum Gasteiger partial charge on any atom is 0.334 e. The van der Waals surface area contributed by atoms with Crippen LogP contribution in [0.2, 0.25) is 0 Å². The van der Waals surface area contributed by atoms with Gasteiger partial charge in [-0.05, 0) is 41.3 Å². The lowest BCUT2D eigenvalue weighted by Crippen LogP contribution is -2.39. The standard InChI is InChI=1S/C27H24O9S/c1-31-26(28)25-18(11-12-36-37(2,29)30)24-17(16-9-10-21-22(13-16)33-14-32-21)5-3-6-19(24)27-20(25)7-4-8-23(27)34-15-35-27/h3-10,13,18H,11-12,14-15H2,1-2H3. The van der Waals surface area contributed by atoms with Crippen molar-refractivity contribution in [1.82, 2.24) is 0 Å². The fraction of sp³-hybridized carbons (Fsp3) is 0.296. The van der Waals surface area contributed by atoms with Gasteiger partial charge >= 0.3 is 5.97 Å². The zero-order valence-corrected chi connectivity index (χ0v) is 21.0. The lowest BCUT2D eigenvalue weighted by Gasteiger charge is -2.41. The molecule has 2 unspecified atom stereocenters. The van der Waals surface area contributed by atoms with Crippen molar-refractivity contribution in [2.75, 3.05) is 33.6 Å². The number of carbonyl (C=O) groups is 1. The van der Waals surface area contributed by atoms with Gasteiger partial charge in [0.05, 0.1) is 25.5 Å². The van der Waals surface area contributed by atoms with Gasteiger partial charge in [0.15, 0.2) is 23.9 Å². The summed E-state index contributed by atoms with van der Waals surface area (Å²) < 4.78 is 57.1. The quantitative estimate of drug-likeness (QED) is 0.413. The highest BCUT2D eigenvalue weighted by atomic mass is 32.2. The molecule has 0 aromatic heterocycles. The maximum atomic E-state index is 13.4. The molecule has 1 spiro atoms. The SMILES string of the molecule is COC(=O)C1=C2C=CC=C3OCOC32c2cccc(-c3ccc4c(c3)OCO4)c2C1CCOS(C)(=O)=O. The molecule has 2 atom stereocenters. The van der Waals surface area contributed by atoms with Crippen LogP contribution >= 0.6 is 0 Å². The molecule has 9 nitrogen and oxygen atoms in total. The monoisotopic (exact) mass is 524 g/mol. The Morgan fingerprint density at radius 1 is 1.11 bits per heavy atom. The highest BCUT2D eigenvalue weighted by molar-refractivity contribution is 7.85. The normalized spacial score (nSPS) is 23.1. The molecule has 2 aliphatic heterocycles. The van der Waals surface area contributed by atoms with Crippen LogP contribution in [0.15, 0.2) is 71.5 Å². The Morgan fingerprint density at radius 2 is 1.95 bits per heavy atom. The summed E-state index contributed by atoms with van der Waals surface area (Å²) in [4.78, 5) is 13.4. The minimum Gasteiger partial charge on any atom is -0.468 e. The minimum atomic E-state index is -3.68. The van der Waals surface area contributed by atoms with Crippen LogP contribution in [-0.2, 0) is 38.9 Å². The van der Waals surface area contributed by atoms with Gasteiger partial charge in [0.2, 0.25) is 6.79 Å². The van der Waals surface area contributed by atoms with Gasteiger partial charge in [-0.15, -0.1) is 0 Å². The van der Waals surface area contributed by atoms with Crippen molar-refractivity contribution in [1.29, 1.82) is 0 Å². The molecule has 2 heterocycles. The summed E-state index contributed by atoms with van der Waals surface area (Å²) in [7, 11) is -2.36. The van der Waals surface area contributed by atoms with E-state index in [1.165, 1.54) is 7.11 Å². The van der Waals surface area contributed by atoms with Crippen molar-refractivity contribution in [3.63, 3.8) is 0 Å². The zero-order chi connectivity index (χ0) is 25.8. The average Bonchev–Trinajstić information content (AvgIpc) is 3.53. The van der Waals surface area contributed by atoms with Crippen LogP contribution in [0.1, 0.15) is 23.5 Å². The van der Waals surface area contributed by atoms with E-state index in [2.05, 4.69) is 0 Å². The number of methoxy groups -OCH3 is 1. The van der Waals surface area contributed by atoms with Crippen molar-refractivity contribution < 1.29 is 41.1 Å². The van der Waals surface area contributed by atoms with Gasteiger partial charge < -0.3 is 23.7 Å². The lowest BCUT2D eigenvalue weighted by molar-refractivity contribution is -0.136. The van der Waals surface area contributed by atoms with E-state index in [-0.39, 0.29) is 26.6 Å². The molecule has 6 rings (SSSR count). The van der Waals surface area contributed by atoms with Crippen molar-refractivity contribution in [2.24, 2.45) is 0 Å². The van der Waals surface area contributed by atoms with Gasteiger partial charge in [0.25, 0.3) is 10.1 Å². The van der Waals surface area contributed by atoms with Crippen LogP contribution < -0.4 is 9.47 Å². The summed E-state index contributed by atoms with van der Waals surface area (Å²) in [6.07, 6.45) is 6.66. The van der Waals surface area contributed by atoms with Crippen molar-refractivity contribution in [3.8, 4) is 22.6 Å². The molecule has 37 heavy (non-hydrogen) atoms. The Hall–Kier alpha value is -3.60. The lowest BCUT2D eigenvalue weighted by atomic mass is 9.65. The number of allylic oxidation sites excluding steroid dienone is 2. The Balaban J connectivity index is 1.60. The van der Waals surface area contributed by atoms with Crippen molar-refractivity contribution in [2.45, 2.75) is 17.9 Å². The van der Waals surface area contributed by atoms with E-state index in [4.69, 9.17) is 27.9 Å². The van der Waals surface area contributed by atoms with Gasteiger partial charge in [-0.25, -0.2) is 4.79 Å². The number of esters is 1. The first kappa shape index (κ1) is 23.8. The molecular weight excluding hydrogens is 500 g/mol. The molecule has 1 fully saturated rings. The highest BCUT2D eigenvalue weighted by Gasteiger charge is 2.55. The van der Waals surface area contributed by atoms with Gasteiger partial charge in [-0.1, -0.05) is 36.4 Å². The molecule has 0 bridgehead atoms. The Labute approximate surface area is 214 Å². The molecule has 0 radical (unpaired) electrons. The van der Waals surface area contributed by atoms with Crippen LogP contribution in [-0.4, -0.2) is 47.9 Å². The van der Waals surface area contributed by atoms with Crippen LogP contribution in [0.4, 0.5) is 0 Å². The molecule has 2 aromatic carbocycles. The first-order chi connectivity index (χ1) is 17.8. The van der Waals surface area contributed by atoms with Crippen LogP contribution in [0, 0.1) is 0 Å². The Morgan fingerprint density at radius 3 is 2.76 bits per heavy atom. The van der Waals surface area contributed by atoms with Crippen LogP contribution in [0.3, 0.4) is 0 Å². The summed E-state index contributed by atoms with van der Waals surface area (Å²) in [6.45, 7) is 0.0362. The average molecular weight is 525 g/mol. The second-order valence-corrected chi connectivity index (χ2v) is 10.6. The third-order valence-corrected chi connectivity index (χ3v) is 7.59. The number of hydrogen-bond acceptors (Lipinski definition) is 9. The fourth-order valence-corrected chi connectivity index (χ4v) is 5.98. The molecule has 10 heteroatoms. The van der Waals surface area contributed by atoms with Gasteiger partial charge in [-0.3, -0.25) is 4.18 Å². The third kappa shape index (κ3) is 3.75. The van der Waals surface area contributed by atoms with Crippen molar-refractivity contribution >= 4 is 16.1 Å². The third-order valence-electron chi connectivity index (χ3n) is 6.99. The van der Waals surface area contributed by atoms with Gasteiger partial charge in [-0.2, -0.15) is 8.42 Å². The number of rotatable bonds is 6. The number of carbonyl (C=O) groups excluding carboxylic acids is 1. The molecule has 2 aliphatic carbocycles. The van der Waals surface area contributed by atoms with E-state index in [1.807, 2.05) is 48.6 Å². The molecule has 1 saturated heterocycles. The molecule has 0 saturated carbocycles. The van der Waals surface area contributed by atoms with Crippen LogP contribution in [0.5, 0.6) is 11.5 Å². The molecule has 2 aromatic rings. The summed E-state index contributed by atoms with van der Waals surface area (Å²) in [5.41, 5.74) is 3.13. The topological polar surface area (TPSA) is 107 Å². The fourth-order valence-electron chi connectivity index (χ4n) is 5.58. The highest BCUT2D eigenvalue weighted by Crippen LogP contribution is 2.58. The molecule has 4 aliphatic rings. The largest absolute Gasteiger partial charge is 0.468 e. The molecule has 192 valence electrons. The van der Waals surface area contributed by atoms with E-state index in [9.17, 15) is 13.2 Å². The van der Waals surface area contributed by atoms with Crippen molar-refractivity contribution in [3.05, 3.63) is 82.7 Å². The summed E-state index contributed by atoms with van der Waals surface area (Å²) in [6, 6.07) is 11.5. The number of fused-ring (bicyclic) bond motifs is 2. The predicted molar refractivity (Wildman–Crippen MR) is 131 cm³/mol. The number of benzene rings is 2. The first-order valence-electron chi connectivity index (χ1n) is 11.7.